The fourth-order valence-electron chi connectivity index (χ4n) is 1.53. The van der Waals surface area contributed by atoms with Crippen molar-refractivity contribution in [3.8, 4) is 0 Å². The average Bonchev–Trinajstić information content (AvgIpc) is 2.74. The van der Waals surface area contributed by atoms with Gasteiger partial charge >= 0.3 is 0 Å². The number of aliphatic hydroxyl groups is 1. The first kappa shape index (κ1) is 9.93. The summed E-state index contributed by atoms with van der Waals surface area (Å²) in [5.74, 6) is -0.252. The highest BCUT2D eigenvalue weighted by Crippen LogP contribution is 2.21. The van der Waals surface area contributed by atoms with Gasteiger partial charge in [0, 0.05) is 11.9 Å². The number of hydrogen-bond acceptors (Lipinski definition) is 1. The van der Waals surface area contributed by atoms with E-state index in [1.807, 2.05) is 6.07 Å². The first-order valence-electron chi connectivity index (χ1n) is 4.76. The minimum atomic E-state index is -0.723. The first-order chi connectivity index (χ1) is 7.18. The second-order valence-corrected chi connectivity index (χ2v) is 3.54. The van der Waals surface area contributed by atoms with E-state index in [0.717, 1.165) is 0 Å². The number of H-pyrrole nitrogens is 1. The quantitative estimate of drug-likeness (QED) is 0.776. The van der Waals surface area contributed by atoms with Gasteiger partial charge in [0.2, 0.25) is 0 Å². The number of aromatic nitrogens is 1. The van der Waals surface area contributed by atoms with Gasteiger partial charge in [0.15, 0.2) is 0 Å². The maximum Gasteiger partial charge on any atom is 0.126 e. The molecule has 0 amide bonds. The topological polar surface area (TPSA) is 36.0 Å². The lowest BCUT2D eigenvalue weighted by molar-refractivity contribution is 0.216. The lowest BCUT2D eigenvalue weighted by atomic mass is 10.0. The smallest absolute Gasteiger partial charge is 0.126 e. The zero-order valence-corrected chi connectivity index (χ0v) is 8.37. The Morgan fingerprint density at radius 1 is 1.33 bits per heavy atom. The number of aliphatic hydroxyl groups excluding tert-OH is 1. The molecule has 0 spiro atoms. The minimum Gasteiger partial charge on any atom is -0.382 e. The molecule has 2 rings (SSSR count). The Morgan fingerprint density at radius 3 is 2.73 bits per heavy atom. The molecule has 1 aromatic carbocycles. The van der Waals surface area contributed by atoms with Crippen molar-refractivity contribution < 1.29 is 9.50 Å². The van der Waals surface area contributed by atoms with Gasteiger partial charge in [0.1, 0.15) is 11.9 Å². The van der Waals surface area contributed by atoms with Gasteiger partial charge in [0.25, 0.3) is 0 Å². The summed E-state index contributed by atoms with van der Waals surface area (Å²) in [6.45, 7) is 1.68. The van der Waals surface area contributed by atoms with Crippen molar-refractivity contribution in [2.45, 2.75) is 13.0 Å². The molecule has 0 fully saturated rings. The van der Waals surface area contributed by atoms with Crippen molar-refractivity contribution in [3.63, 3.8) is 0 Å². The number of halogens is 1. The number of hydrogen-bond donors (Lipinski definition) is 2. The summed E-state index contributed by atoms with van der Waals surface area (Å²) in [5, 5.41) is 9.94. The molecule has 3 heteroatoms. The molecule has 1 unspecified atom stereocenters. The lowest BCUT2D eigenvalue weighted by Gasteiger charge is -2.10. The Balaban J connectivity index is 2.34. The standard InChI is InChI=1S/C12H12FNO/c1-8-7-9(4-5-10(8)13)12(15)11-3-2-6-14-11/h2-7,12,14-15H,1H3. The van der Waals surface area contributed by atoms with E-state index in [0.29, 0.717) is 16.8 Å². The molecule has 0 aliphatic rings. The van der Waals surface area contributed by atoms with Crippen molar-refractivity contribution in [3.05, 3.63) is 59.2 Å². The molecule has 15 heavy (non-hydrogen) atoms. The predicted molar refractivity (Wildman–Crippen MR) is 56.0 cm³/mol. The van der Waals surface area contributed by atoms with Gasteiger partial charge in [-0.25, -0.2) is 4.39 Å². The van der Waals surface area contributed by atoms with Crippen LogP contribution in [0.15, 0.2) is 36.5 Å². The van der Waals surface area contributed by atoms with Crippen molar-refractivity contribution in [2.24, 2.45) is 0 Å². The SMILES string of the molecule is Cc1cc(C(O)c2ccc[nH]2)ccc1F. The maximum atomic E-state index is 13.0. The summed E-state index contributed by atoms with van der Waals surface area (Å²) in [4.78, 5) is 2.93. The Bertz CT molecular complexity index is 451. The van der Waals surface area contributed by atoms with Gasteiger partial charge in [-0.05, 0) is 36.2 Å². The summed E-state index contributed by atoms with van der Waals surface area (Å²) in [7, 11) is 0. The van der Waals surface area contributed by atoms with Crippen LogP contribution in [-0.2, 0) is 0 Å². The van der Waals surface area contributed by atoms with Gasteiger partial charge in [-0.1, -0.05) is 12.1 Å². The monoisotopic (exact) mass is 205 g/mol. The summed E-state index contributed by atoms with van der Waals surface area (Å²) >= 11 is 0. The number of benzene rings is 1. The van der Waals surface area contributed by atoms with Crippen molar-refractivity contribution in [2.75, 3.05) is 0 Å². The van der Waals surface area contributed by atoms with Crippen LogP contribution in [0.2, 0.25) is 0 Å². The zero-order valence-electron chi connectivity index (χ0n) is 8.37. The van der Waals surface area contributed by atoms with Gasteiger partial charge in [-0.2, -0.15) is 0 Å². The highest BCUT2D eigenvalue weighted by molar-refractivity contribution is 5.30. The molecule has 2 N–H and O–H groups in total. The largest absolute Gasteiger partial charge is 0.382 e. The van der Waals surface area contributed by atoms with E-state index in [2.05, 4.69) is 4.98 Å². The maximum absolute atomic E-state index is 13.0. The summed E-state index contributed by atoms with van der Waals surface area (Å²) in [6.07, 6.45) is 1.02. The highest BCUT2D eigenvalue weighted by Gasteiger charge is 2.11. The number of aryl methyl sites for hydroxylation is 1. The van der Waals surface area contributed by atoms with Crippen molar-refractivity contribution >= 4 is 0 Å². The molecule has 0 aliphatic heterocycles. The van der Waals surface area contributed by atoms with Crippen LogP contribution in [0.3, 0.4) is 0 Å². The van der Waals surface area contributed by atoms with E-state index >= 15 is 0 Å². The Kier molecular flexibility index (Phi) is 2.56. The van der Waals surface area contributed by atoms with Crippen LogP contribution in [0.4, 0.5) is 4.39 Å². The fourth-order valence-corrected chi connectivity index (χ4v) is 1.53. The molecule has 2 aromatic rings. The first-order valence-corrected chi connectivity index (χ1v) is 4.76. The number of nitrogens with one attached hydrogen (secondary N) is 1. The second-order valence-electron chi connectivity index (χ2n) is 3.54. The van der Waals surface area contributed by atoms with Gasteiger partial charge in [-0.15, -0.1) is 0 Å². The molecular formula is C12H12FNO. The molecule has 0 radical (unpaired) electrons. The van der Waals surface area contributed by atoms with E-state index in [9.17, 15) is 9.50 Å². The van der Waals surface area contributed by atoms with Gasteiger partial charge < -0.3 is 10.1 Å². The number of aromatic amines is 1. The van der Waals surface area contributed by atoms with Crippen LogP contribution in [0.1, 0.15) is 22.9 Å². The summed E-state index contributed by atoms with van der Waals surface area (Å²) in [6, 6.07) is 8.23. The summed E-state index contributed by atoms with van der Waals surface area (Å²) in [5.41, 5.74) is 1.94. The van der Waals surface area contributed by atoms with Crippen LogP contribution in [0, 0.1) is 12.7 Å². The van der Waals surface area contributed by atoms with Crippen LogP contribution >= 0.6 is 0 Å². The van der Waals surface area contributed by atoms with E-state index in [1.165, 1.54) is 6.07 Å². The second kappa shape index (κ2) is 3.87. The molecule has 1 heterocycles. The molecule has 78 valence electrons. The van der Waals surface area contributed by atoms with Crippen LogP contribution in [0.5, 0.6) is 0 Å². The van der Waals surface area contributed by atoms with Gasteiger partial charge in [-0.3, -0.25) is 0 Å². The van der Waals surface area contributed by atoms with E-state index < -0.39 is 6.10 Å². The molecule has 0 saturated heterocycles. The number of rotatable bonds is 2. The summed E-state index contributed by atoms with van der Waals surface area (Å²) < 4.78 is 13.0. The Hall–Kier alpha value is -1.61. The van der Waals surface area contributed by atoms with Crippen LogP contribution < -0.4 is 0 Å². The molecule has 0 aliphatic carbocycles. The van der Waals surface area contributed by atoms with Crippen molar-refractivity contribution in [1.82, 2.24) is 4.98 Å². The third-order valence-electron chi connectivity index (χ3n) is 2.41. The van der Waals surface area contributed by atoms with E-state index in [4.69, 9.17) is 0 Å². The lowest BCUT2D eigenvalue weighted by Crippen LogP contribution is -2.00. The molecule has 1 aromatic heterocycles. The third kappa shape index (κ3) is 1.92. The minimum absolute atomic E-state index is 0.252. The normalized spacial score (nSPS) is 12.7. The third-order valence-corrected chi connectivity index (χ3v) is 2.41. The van der Waals surface area contributed by atoms with E-state index in [1.54, 1.807) is 31.3 Å². The molecular weight excluding hydrogens is 193 g/mol. The van der Waals surface area contributed by atoms with Crippen molar-refractivity contribution in [1.29, 1.82) is 0 Å². The van der Waals surface area contributed by atoms with Crippen LogP contribution in [-0.4, -0.2) is 10.1 Å². The average molecular weight is 205 g/mol. The highest BCUT2D eigenvalue weighted by atomic mass is 19.1. The van der Waals surface area contributed by atoms with Gasteiger partial charge in [0.05, 0.1) is 0 Å². The molecule has 2 nitrogen and oxygen atoms in total. The molecule has 1 atom stereocenters. The van der Waals surface area contributed by atoms with E-state index in [-0.39, 0.29) is 5.82 Å². The fraction of sp³-hybridized carbons (Fsp3) is 0.167. The predicted octanol–water partition coefficient (Wildman–Crippen LogP) is 2.54. The molecule has 0 bridgehead atoms. The Morgan fingerprint density at radius 2 is 2.13 bits per heavy atom. The Labute approximate surface area is 87.4 Å². The molecule has 0 saturated carbocycles. The van der Waals surface area contributed by atoms with Crippen LogP contribution in [0.25, 0.3) is 0 Å². The zero-order chi connectivity index (χ0) is 10.8.